The van der Waals surface area contributed by atoms with Crippen LogP contribution in [0.3, 0.4) is 0 Å². The minimum Gasteiger partial charge on any atom is -0.396 e. The lowest BCUT2D eigenvalue weighted by atomic mass is 10.0. The Balaban J connectivity index is 1.61. The second-order valence-electron chi connectivity index (χ2n) is 8.07. The van der Waals surface area contributed by atoms with Crippen LogP contribution >= 0.6 is 0 Å². The first-order chi connectivity index (χ1) is 17.6. The summed E-state index contributed by atoms with van der Waals surface area (Å²) in [5, 5.41) is 17.4. The van der Waals surface area contributed by atoms with Crippen molar-refractivity contribution < 1.29 is 18.7 Å². The number of rotatable bonds is 7. The fourth-order valence-corrected chi connectivity index (χ4v) is 4.01. The molecular weight excluding hydrogens is 464 g/mol. The highest BCUT2D eigenvalue weighted by Crippen LogP contribution is 2.30. The number of aliphatic hydroxyl groups excluding tert-OH is 1. The number of fused-ring (bicyclic) bond motifs is 1. The molecule has 0 radical (unpaired) electrons. The second-order valence-corrected chi connectivity index (χ2v) is 8.07. The summed E-state index contributed by atoms with van der Waals surface area (Å²) in [6.07, 6.45) is 3.41. The van der Waals surface area contributed by atoms with Crippen molar-refractivity contribution in [2.24, 2.45) is 0 Å². The summed E-state index contributed by atoms with van der Waals surface area (Å²) in [5.74, 6) is -1.07. The number of nitrogens with zero attached hydrogens (tertiary/aromatic N) is 4. The van der Waals surface area contributed by atoms with Gasteiger partial charge in [-0.25, -0.2) is 23.4 Å². The number of amides is 1. The van der Waals surface area contributed by atoms with E-state index in [4.69, 9.17) is 0 Å². The lowest BCUT2D eigenvalue weighted by Crippen LogP contribution is -2.17. The van der Waals surface area contributed by atoms with Crippen LogP contribution in [0.15, 0.2) is 79.1 Å². The second kappa shape index (κ2) is 10.0. The number of aliphatic hydroxyl groups is 1. The van der Waals surface area contributed by atoms with Crippen LogP contribution in [-0.4, -0.2) is 37.4 Å². The van der Waals surface area contributed by atoms with Crippen LogP contribution in [0.4, 0.5) is 14.6 Å². The minimum atomic E-state index is -0.939. The molecule has 0 aliphatic heterocycles. The van der Waals surface area contributed by atoms with Gasteiger partial charge in [0.15, 0.2) is 5.82 Å². The summed E-state index contributed by atoms with van der Waals surface area (Å²) < 4.78 is 30.2. The third-order valence-corrected chi connectivity index (χ3v) is 5.76. The van der Waals surface area contributed by atoms with Gasteiger partial charge in [0.2, 0.25) is 0 Å². The zero-order chi connectivity index (χ0) is 25.1. The number of carbonyl (C=O) groups is 1. The van der Waals surface area contributed by atoms with Crippen molar-refractivity contribution in [1.82, 2.24) is 19.7 Å². The Kier molecular flexibility index (Phi) is 6.46. The molecule has 0 unspecified atom stereocenters. The zero-order valence-electron chi connectivity index (χ0n) is 19.0. The Morgan fingerprint density at radius 3 is 2.50 bits per heavy atom. The monoisotopic (exact) mass is 485 g/mol. The van der Waals surface area contributed by atoms with Crippen LogP contribution in [0.5, 0.6) is 0 Å². The number of para-hydroxylation sites is 1. The molecule has 2 aromatic heterocycles. The van der Waals surface area contributed by atoms with E-state index < -0.39 is 18.4 Å². The fraction of sp³-hybridized carbons (Fsp3) is 0.111. The summed E-state index contributed by atoms with van der Waals surface area (Å²) in [6, 6.07) is 18.6. The van der Waals surface area contributed by atoms with Crippen LogP contribution in [-0.2, 0) is 13.1 Å². The predicted octanol–water partition coefficient (Wildman–Crippen LogP) is 4.88. The van der Waals surface area contributed by atoms with Crippen molar-refractivity contribution in [2.75, 3.05) is 11.9 Å². The van der Waals surface area contributed by atoms with Crippen LogP contribution in [0.1, 0.15) is 21.5 Å². The highest BCUT2D eigenvalue weighted by Gasteiger charge is 2.22. The smallest absolute Gasteiger partial charge is 0.259 e. The molecule has 0 spiro atoms. The molecule has 2 N–H and O–H groups in total. The number of anilines is 1. The number of hydrogen-bond acceptors (Lipinski definition) is 5. The zero-order valence-corrected chi connectivity index (χ0v) is 19.0. The van der Waals surface area contributed by atoms with E-state index in [1.807, 2.05) is 42.5 Å². The van der Waals surface area contributed by atoms with Crippen molar-refractivity contribution in [3.8, 4) is 17.1 Å². The first kappa shape index (κ1) is 23.3. The van der Waals surface area contributed by atoms with Gasteiger partial charge in [0.1, 0.15) is 18.3 Å². The van der Waals surface area contributed by atoms with E-state index in [0.29, 0.717) is 28.8 Å². The largest absolute Gasteiger partial charge is 0.396 e. The lowest BCUT2D eigenvalue weighted by Gasteiger charge is -2.12. The molecule has 180 valence electrons. The number of carbonyl (C=O) groups excluding carboxylic acids is 1. The van der Waals surface area contributed by atoms with Crippen molar-refractivity contribution in [3.05, 3.63) is 102 Å². The first-order valence-corrected chi connectivity index (χ1v) is 11.2. The van der Waals surface area contributed by atoms with Crippen LogP contribution in [0.2, 0.25) is 0 Å². The van der Waals surface area contributed by atoms with Gasteiger partial charge in [-0.15, -0.1) is 0 Å². The molecule has 5 rings (SSSR count). The van der Waals surface area contributed by atoms with Gasteiger partial charge in [-0.3, -0.25) is 4.79 Å². The maximum Gasteiger partial charge on any atom is 0.259 e. The van der Waals surface area contributed by atoms with Gasteiger partial charge in [-0.2, -0.15) is 5.10 Å². The third kappa shape index (κ3) is 4.44. The van der Waals surface area contributed by atoms with Crippen LogP contribution < -0.4 is 5.32 Å². The van der Waals surface area contributed by atoms with Crippen LogP contribution in [0, 0.1) is 5.82 Å². The Labute approximate surface area is 205 Å². The predicted molar refractivity (Wildman–Crippen MR) is 132 cm³/mol. The number of benzene rings is 3. The van der Waals surface area contributed by atoms with E-state index in [0.717, 1.165) is 11.6 Å². The van der Waals surface area contributed by atoms with E-state index in [1.54, 1.807) is 16.8 Å². The van der Waals surface area contributed by atoms with Gasteiger partial charge < -0.3 is 10.4 Å². The summed E-state index contributed by atoms with van der Waals surface area (Å²) in [4.78, 5) is 21.6. The Morgan fingerprint density at radius 2 is 1.78 bits per heavy atom. The Hall–Kier alpha value is -4.50. The van der Waals surface area contributed by atoms with Gasteiger partial charge in [0.05, 0.1) is 16.8 Å². The third-order valence-electron chi connectivity index (χ3n) is 5.76. The highest BCUT2D eigenvalue weighted by atomic mass is 19.1. The summed E-state index contributed by atoms with van der Waals surface area (Å²) >= 11 is 0. The van der Waals surface area contributed by atoms with Gasteiger partial charge in [0, 0.05) is 30.0 Å². The molecule has 0 fully saturated rings. The van der Waals surface area contributed by atoms with Gasteiger partial charge in [-0.1, -0.05) is 24.3 Å². The van der Waals surface area contributed by atoms with E-state index in [2.05, 4.69) is 20.4 Å². The number of halogens is 2. The molecule has 3 aromatic carbocycles. The molecule has 0 bridgehead atoms. The highest BCUT2D eigenvalue weighted by molar-refractivity contribution is 6.09. The van der Waals surface area contributed by atoms with Gasteiger partial charge in [-0.05, 0) is 60.0 Å². The minimum absolute atomic E-state index is 0.0313. The maximum atomic E-state index is 15.0. The average molecular weight is 485 g/mol. The molecule has 1 amide bonds. The molecule has 0 aliphatic carbocycles. The van der Waals surface area contributed by atoms with E-state index >= 15 is 0 Å². The van der Waals surface area contributed by atoms with Crippen molar-refractivity contribution in [2.45, 2.75) is 13.1 Å². The molecule has 0 aliphatic rings. The number of hydrogen-bond donors (Lipinski definition) is 2. The quantitative estimate of drug-likeness (QED) is 0.343. The molecule has 7 nitrogen and oxygen atoms in total. The summed E-state index contributed by atoms with van der Waals surface area (Å²) in [5.41, 5.74) is 2.16. The normalized spacial score (nSPS) is 11.1. The summed E-state index contributed by atoms with van der Waals surface area (Å²) in [6.45, 7) is -0.970. The average Bonchev–Trinajstić information content (AvgIpc) is 3.27. The van der Waals surface area contributed by atoms with Crippen molar-refractivity contribution in [1.29, 1.82) is 0 Å². The fourth-order valence-electron chi connectivity index (χ4n) is 4.01. The van der Waals surface area contributed by atoms with E-state index in [9.17, 15) is 18.7 Å². The lowest BCUT2D eigenvalue weighted by molar-refractivity contribution is 0.102. The summed E-state index contributed by atoms with van der Waals surface area (Å²) in [7, 11) is 0. The first-order valence-electron chi connectivity index (χ1n) is 11.2. The standard InChI is InChI=1S/C27H21F2N5O2/c28-16-18-14-23(29)21(15-20(18)25-30-10-4-11-31-25)27(36)32-26-22-13-17(9-12-35)7-8-24(22)33-34(26)19-5-2-1-3-6-19/h1-8,10-11,13-15,35H,9,12,16H2,(H,32,36). The molecule has 0 saturated heterocycles. The topological polar surface area (TPSA) is 92.9 Å². The van der Waals surface area contributed by atoms with Gasteiger partial charge in [0.25, 0.3) is 5.91 Å². The van der Waals surface area contributed by atoms with Crippen molar-refractivity contribution >= 4 is 22.6 Å². The SMILES string of the molecule is O=C(Nc1c2cc(CCO)ccc2nn1-c1ccccc1)c1cc(-c2ncccn2)c(CF)cc1F. The molecule has 36 heavy (non-hydrogen) atoms. The van der Waals surface area contributed by atoms with Crippen molar-refractivity contribution in [3.63, 3.8) is 0 Å². The molecule has 0 atom stereocenters. The number of alkyl halides is 1. The van der Waals surface area contributed by atoms with E-state index in [1.165, 1.54) is 18.5 Å². The Bertz CT molecular complexity index is 1540. The van der Waals surface area contributed by atoms with E-state index in [-0.39, 0.29) is 29.1 Å². The number of nitrogens with one attached hydrogen (secondary N) is 1. The molecular formula is C27H21F2N5O2. The molecule has 2 heterocycles. The Morgan fingerprint density at radius 1 is 1.00 bits per heavy atom. The van der Waals surface area contributed by atoms with Crippen LogP contribution in [0.25, 0.3) is 28.0 Å². The molecule has 0 saturated carbocycles. The maximum absolute atomic E-state index is 15.0. The number of aromatic nitrogens is 4. The molecule has 9 heteroatoms. The van der Waals surface area contributed by atoms with Gasteiger partial charge >= 0.3 is 0 Å². The molecule has 5 aromatic rings.